The molecule has 3 aromatic carbocycles. The van der Waals surface area contributed by atoms with Crippen molar-refractivity contribution in [3.8, 4) is 5.75 Å². The summed E-state index contributed by atoms with van der Waals surface area (Å²) in [6.07, 6.45) is 1.01. The molecule has 1 unspecified atom stereocenters. The summed E-state index contributed by atoms with van der Waals surface area (Å²) in [7, 11) is -2.77. The van der Waals surface area contributed by atoms with E-state index in [1.54, 1.807) is 43.3 Å². The standard InChI is InChI=1S/C29H32Cl3N3O5S/c1-4-15-33-29(37)27(5-2)34(18-20-9-14-25(31)26(32)16-20)28(36)19-35(22-8-6-7-21(30)17-22)41(38,39)24-12-10-23(40-3)11-13-24/h6-14,16-17,27H,4-5,15,18-19H2,1-3H3,(H,33,37). The number of halogens is 3. The Kier molecular flexibility index (Phi) is 11.7. The summed E-state index contributed by atoms with van der Waals surface area (Å²) in [5, 5.41) is 3.78. The van der Waals surface area contributed by atoms with E-state index in [0.717, 1.165) is 4.31 Å². The summed E-state index contributed by atoms with van der Waals surface area (Å²) >= 11 is 18.5. The van der Waals surface area contributed by atoms with Crippen LogP contribution in [0, 0.1) is 0 Å². The first-order chi connectivity index (χ1) is 19.5. The van der Waals surface area contributed by atoms with Crippen molar-refractivity contribution in [2.45, 2.75) is 44.2 Å². The first kappa shape index (κ1) is 32.5. The van der Waals surface area contributed by atoms with Gasteiger partial charge in [0.05, 0.1) is 27.7 Å². The monoisotopic (exact) mass is 639 g/mol. The van der Waals surface area contributed by atoms with Crippen molar-refractivity contribution < 1.29 is 22.7 Å². The van der Waals surface area contributed by atoms with Gasteiger partial charge in [-0.25, -0.2) is 8.42 Å². The number of rotatable bonds is 13. The van der Waals surface area contributed by atoms with Crippen molar-refractivity contribution in [2.24, 2.45) is 0 Å². The molecule has 0 fully saturated rings. The number of amides is 2. The molecule has 3 aromatic rings. The molecule has 1 N–H and O–H groups in total. The molecule has 3 rings (SSSR count). The number of hydrogen-bond donors (Lipinski definition) is 1. The molecule has 41 heavy (non-hydrogen) atoms. The lowest BCUT2D eigenvalue weighted by molar-refractivity contribution is -0.140. The van der Waals surface area contributed by atoms with Gasteiger partial charge in [0, 0.05) is 18.1 Å². The minimum Gasteiger partial charge on any atom is -0.497 e. The summed E-state index contributed by atoms with van der Waals surface area (Å²) in [5.41, 5.74) is 0.821. The van der Waals surface area contributed by atoms with Gasteiger partial charge in [0.1, 0.15) is 18.3 Å². The number of ether oxygens (including phenoxy) is 1. The quantitative estimate of drug-likeness (QED) is 0.241. The molecule has 0 aliphatic carbocycles. The molecule has 0 aliphatic rings. The second kappa shape index (κ2) is 14.8. The highest BCUT2D eigenvalue weighted by Crippen LogP contribution is 2.29. The first-order valence-electron chi connectivity index (χ1n) is 12.9. The van der Waals surface area contributed by atoms with Gasteiger partial charge in [0.2, 0.25) is 11.8 Å². The molecule has 1 atom stereocenters. The van der Waals surface area contributed by atoms with Crippen LogP contribution in [0.25, 0.3) is 0 Å². The predicted octanol–water partition coefficient (Wildman–Crippen LogP) is 6.18. The summed E-state index contributed by atoms with van der Waals surface area (Å²) in [5.74, 6) is -0.451. The Bertz CT molecular complexity index is 1470. The maximum Gasteiger partial charge on any atom is 0.264 e. The average Bonchev–Trinajstić information content (AvgIpc) is 2.96. The zero-order chi connectivity index (χ0) is 30.2. The molecule has 0 bridgehead atoms. The van der Waals surface area contributed by atoms with Crippen molar-refractivity contribution in [3.63, 3.8) is 0 Å². The number of methoxy groups -OCH3 is 1. The number of carbonyl (C=O) groups is 2. The van der Waals surface area contributed by atoms with E-state index in [2.05, 4.69) is 5.32 Å². The molecule has 0 spiro atoms. The maximum atomic E-state index is 14.1. The number of nitrogens with one attached hydrogen (secondary N) is 1. The minimum absolute atomic E-state index is 0.000255. The molecule has 0 radical (unpaired) electrons. The topological polar surface area (TPSA) is 96.0 Å². The van der Waals surface area contributed by atoms with Gasteiger partial charge < -0.3 is 15.0 Å². The van der Waals surface area contributed by atoms with Gasteiger partial charge in [-0.2, -0.15) is 0 Å². The minimum atomic E-state index is -4.24. The van der Waals surface area contributed by atoms with E-state index in [9.17, 15) is 18.0 Å². The maximum absolute atomic E-state index is 14.1. The summed E-state index contributed by atoms with van der Waals surface area (Å²) in [4.78, 5) is 28.5. The van der Waals surface area contributed by atoms with E-state index in [1.807, 2.05) is 6.92 Å². The lowest BCUT2D eigenvalue weighted by Gasteiger charge is -2.33. The highest BCUT2D eigenvalue weighted by molar-refractivity contribution is 7.92. The summed E-state index contributed by atoms with van der Waals surface area (Å²) in [6, 6.07) is 16.1. The van der Waals surface area contributed by atoms with Crippen molar-refractivity contribution in [3.05, 3.63) is 87.4 Å². The van der Waals surface area contributed by atoms with Crippen molar-refractivity contribution in [1.82, 2.24) is 10.2 Å². The number of carbonyl (C=O) groups excluding carboxylic acids is 2. The molecule has 0 aromatic heterocycles. The molecule has 220 valence electrons. The SMILES string of the molecule is CCCNC(=O)C(CC)N(Cc1ccc(Cl)c(Cl)c1)C(=O)CN(c1cccc(Cl)c1)S(=O)(=O)c1ccc(OC)cc1. The first-order valence-corrected chi connectivity index (χ1v) is 15.5. The smallest absolute Gasteiger partial charge is 0.264 e. The molecule has 0 heterocycles. The van der Waals surface area contributed by atoms with Crippen LogP contribution in [0.1, 0.15) is 32.3 Å². The fourth-order valence-electron chi connectivity index (χ4n) is 4.16. The van der Waals surface area contributed by atoms with Gasteiger partial charge in [-0.15, -0.1) is 0 Å². The Hall–Kier alpha value is -2.98. The highest BCUT2D eigenvalue weighted by Gasteiger charge is 2.33. The van der Waals surface area contributed by atoms with Crippen LogP contribution in [0.3, 0.4) is 0 Å². The molecular weight excluding hydrogens is 609 g/mol. The number of hydrogen-bond acceptors (Lipinski definition) is 5. The average molecular weight is 641 g/mol. The van der Waals surface area contributed by atoms with Gasteiger partial charge in [-0.1, -0.05) is 60.8 Å². The Morgan fingerprint density at radius 3 is 2.24 bits per heavy atom. The number of benzene rings is 3. The lowest BCUT2D eigenvalue weighted by atomic mass is 10.1. The van der Waals surface area contributed by atoms with E-state index in [1.165, 1.54) is 42.3 Å². The highest BCUT2D eigenvalue weighted by atomic mass is 35.5. The number of sulfonamides is 1. The van der Waals surface area contributed by atoms with Crippen LogP contribution in [-0.2, 0) is 26.2 Å². The summed E-state index contributed by atoms with van der Waals surface area (Å²) < 4.78 is 34.0. The van der Waals surface area contributed by atoms with Crippen LogP contribution >= 0.6 is 34.8 Å². The van der Waals surface area contributed by atoms with E-state index >= 15 is 0 Å². The molecule has 2 amide bonds. The van der Waals surface area contributed by atoms with Crippen LogP contribution < -0.4 is 14.4 Å². The molecule has 12 heteroatoms. The number of anilines is 1. The largest absolute Gasteiger partial charge is 0.497 e. The molecule has 0 aliphatic heterocycles. The number of nitrogens with zero attached hydrogens (tertiary/aromatic N) is 2. The molecule has 0 saturated heterocycles. The second-order valence-electron chi connectivity index (χ2n) is 9.15. The van der Waals surface area contributed by atoms with Crippen molar-refractivity contribution in [1.29, 1.82) is 0 Å². The van der Waals surface area contributed by atoms with Crippen LogP contribution in [-0.4, -0.2) is 51.4 Å². The third-order valence-electron chi connectivity index (χ3n) is 6.29. The van der Waals surface area contributed by atoms with Crippen LogP contribution in [0.5, 0.6) is 5.75 Å². The molecule has 0 saturated carbocycles. The van der Waals surface area contributed by atoms with E-state index < -0.39 is 28.5 Å². The van der Waals surface area contributed by atoms with Gasteiger partial charge >= 0.3 is 0 Å². The van der Waals surface area contributed by atoms with Gasteiger partial charge in [0.25, 0.3) is 10.0 Å². The van der Waals surface area contributed by atoms with Crippen molar-refractivity contribution >= 4 is 62.3 Å². The van der Waals surface area contributed by atoms with Crippen LogP contribution in [0.2, 0.25) is 15.1 Å². The van der Waals surface area contributed by atoms with Crippen molar-refractivity contribution in [2.75, 3.05) is 24.5 Å². The van der Waals surface area contributed by atoms with Gasteiger partial charge in [0.15, 0.2) is 0 Å². The summed E-state index contributed by atoms with van der Waals surface area (Å²) in [6.45, 7) is 3.55. The zero-order valence-corrected chi connectivity index (χ0v) is 26.0. The second-order valence-corrected chi connectivity index (χ2v) is 12.3. The zero-order valence-electron chi connectivity index (χ0n) is 22.9. The Balaban J connectivity index is 2.07. The lowest BCUT2D eigenvalue weighted by Crippen LogP contribution is -2.52. The Labute approximate surface area is 256 Å². The fourth-order valence-corrected chi connectivity index (χ4v) is 6.07. The fraction of sp³-hybridized carbons (Fsp3) is 0.310. The Morgan fingerprint density at radius 1 is 0.951 bits per heavy atom. The van der Waals surface area contributed by atoms with Crippen LogP contribution in [0.4, 0.5) is 5.69 Å². The van der Waals surface area contributed by atoms with E-state index in [-0.39, 0.29) is 23.0 Å². The third kappa shape index (κ3) is 8.29. The third-order valence-corrected chi connectivity index (χ3v) is 9.06. The van der Waals surface area contributed by atoms with Gasteiger partial charge in [-0.05, 0) is 73.0 Å². The normalized spacial score (nSPS) is 12.0. The molecule has 8 nitrogen and oxygen atoms in total. The Morgan fingerprint density at radius 2 is 1.66 bits per heavy atom. The predicted molar refractivity (Wildman–Crippen MR) is 163 cm³/mol. The van der Waals surface area contributed by atoms with Crippen LogP contribution in [0.15, 0.2) is 71.6 Å². The van der Waals surface area contributed by atoms with E-state index in [4.69, 9.17) is 39.5 Å². The molecular formula is C29H32Cl3N3O5S. The van der Waals surface area contributed by atoms with E-state index in [0.29, 0.717) is 45.8 Å². The van der Waals surface area contributed by atoms with Gasteiger partial charge in [-0.3, -0.25) is 13.9 Å².